The molecule has 3 aromatic heterocycles. The molecule has 1 aromatic carbocycles. The Morgan fingerprint density at radius 2 is 1.92 bits per heavy atom. The van der Waals surface area contributed by atoms with Gasteiger partial charge in [-0.2, -0.15) is 10.1 Å². The summed E-state index contributed by atoms with van der Waals surface area (Å²) < 4.78 is 13.3. The number of ether oxygens (including phenoxy) is 1. The summed E-state index contributed by atoms with van der Waals surface area (Å²) in [6, 6.07) is 11.8. The monoisotopic (exact) mass is 503 g/mol. The van der Waals surface area contributed by atoms with E-state index in [1.807, 2.05) is 57.5 Å². The van der Waals surface area contributed by atoms with Gasteiger partial charge in [-0.3, -0.25) is 4.79 Å². The lowest BCUT2D eigenvalue weighted by Gasteiger charge is -2.27. The van der Waals surface area contributed by atoms with Gasteiger partial charge in [0, 0.05) is 37.0 Å². The van der Waals surface area contributed by atoms with Crippen LogP contribution >= 0.6 is 0 Å². The van der Waals surface area contributed by atoms with Gasteiger partial charge in [0.1, 0.15) is 5.52 Å². The molecule has 194 valence electrons. The molecule has 0 radical (unpaired) electrons. The molecule has 0 spiro atoms. The molecule has 1 saturated heterocycles. The number of nitrogens with one attached hydrogen (secondary N) is 1. The summed E-state index contributed by atoms with van der Waals surface area (Å²) in [5.41, 5.74) is 3.08. The third-order valence-electron chi connectivity index (χ3n) is 6.39. The Balaban J connectivity index is 1.45. The Morgan fingerprint density at radius 3 is 2.68 bits per heavy atom. The average molecular weight is 504 g/mol. The number of aromatic nitrogens is 4. The second-order valence-electron chi connectivity index (χ2n) is 9.63. The Morgan fingerprint density at radius 1 is 1.14 bits per heavy atom. The first-order valence-electron chi connectivity index (χ1n) is 12.7. The molecule has 1 fully saturated rings. The summed E-state index contributed by atoms with van der Waals surface area (Å²) in [7, 11) is 4.09. The fourth-order valence-corrected chi connectivity index (χ4v) is 4.40. The zero-order valence-electron chi connectivity index (χ0n) is 21.6. The van der Waals surface area contributed by atoms with Crippen LogP contribution in [0.2, 0.25) is 0 Å². The van der Waals surface area contributed by atoms with Crippen molar-refractivity contribution in [1.82, 2.24) is 30.0 Å². The fourth-order valence-electron chi connectivity index (χ4n) is 4.40. The first-order chi connectivity index (χ1) is 18.0. The van der Waals surface area contributed by atoms with E-state index in [4.69, 9.17) is 19.1 Å². The molecular weight excluding hydrogens is 470 g/mol. The van der Waals surface area contributed by atoms with Crippen molar-refractivity contribution < 1.29 is 13.9 Å². The molecule has 4 heterocycles. The van der Waals surface area contributed by atoms with Gasteiger partial charge in [-0.15, -0.1) is 0 Å². The minimum Gasteiger partial charge on any atom is -0.445 e. The normalized spacial score (nSPS) is 14.9. The Labute approximate surface area is 216 Å². The minimum absolute atomic E-state index is 0.0292. The smallest absolute Gasteiger partial charge is 0.287 e. The van der Waals surface area contributed by atoms with Gasteiger partial charge in [-0.05, 0) is 46.0 Å². The van der Waals surface area contributed by atoms with Crippen molar-refractivity contribution in [3.8, 4) is 17.1 Å². The number of fused-ring (bicyclic) bond motifs is 1. The number of furan rings is 1. The predicted molar refractivity (Wildman–Crippen MR) is 142 cm³/mol. The highest BCUT2D eigenvalue weighted by molar-refractivity contribution is 5.97. The molecule has 10 heteroatoms. The fraction of sp³-hybridized carbons (Fsp3) is 0.407. The van der Waals surface area contributed by atoms with Crippen molar-refractivity contribution in [2.75, 3.05) is 51.8 Å². The molecule has 0 bridgehead atoms. The number of amides is 1. The van der Waals surface area contributed by atoms with Crippen LogP contribution in [0.3, 0.4) is 0 Å². The van der Waals surface area contributed by atoms with Crippen molar-refractivity contribution >= 4 is 22.8 Å². The topological polar surface area (TPSA) is 102 Å². The van der Waals surface area contributed by atoms with Crippen molar-refractivity contribution in [3.63, 3.8) is 0 Å². The van der Waals surface area contributed by atoms with Crippen LogP contribution < -0.4 is 10.2 Å². The van der Waals surface area contributed by atoms with E-state index in [1.54, 1.807) is 16.9 Å². The van der Waals surface area contributed by atoms with Crippen LogP contribution in [0.1, 0.15) is 30.3 Å². The standard InChI is InChI=1S/C27H33N7O3/c1-19(8-7-11-32(2)3)29-26(35)23-16-22-24(37-23)25(33-12-14-36-15-13-33)31-27(30-22)34-18-21(17-28-34)20-9-5-4-6-10-20/h4-6,9-10,16-19H,7-8,11-15H2,1-3H3,(H,29,35). The van der Waals surface area contributed by atoms with Crippen molar-refractivity contribution in [3.05, 3.63) is 54.6 Å². The van der Waals surface area contributed by atoms with Gasteiger partial charge in [0.15, 0.2) is 17.2 Å². The Hall–Kier alpha value is -3.76. The summed E-state index contributed by atoms with van der Waals surface area (Å²) in [4.78, 5) is 26.8. The zero-order valence-corrected chi connectivity index (χ0v) is 21.6. The zero-order chi connectivity index (χ0) is 25.8. The van der Waals surface area contributed by atoms with Crippen LogP contribution in [0.25, 0.3) is 28.2 Å². The van der Waals surface area contributed by atoms with Gasteiger partial charge < -0.3 is 24.3 Å². The molecule has 1 atom stereocenters. The Kier molecular flexibility index (Phi) is 7.47. The van der Waals surface area contributed by atoms with Crippen LogP contribution in [0, 0.1) is 0 Å². The molecule has 4 aromatic rings. The van der Waals surface area contributed by atoms with Crippen LogP contribution in [0.15, 0.2) is 53.2 Å². The third kappa shape index (κ3) is 5.81. The molecule has 5 rings (SSSR count). The molecule has 1 unspecified atom stereocenters. The largest absolute Gasteiger partial charge is 0.445 e. The molecule has 0 saturated carbocycles. The van der Waals surface area contributed by atoms with E-state index in [9.17, 15) is 4.79 Å². The molecule has 1 amide bonds. The molecule has 0 aliphatic carbocycles. The van der Waals surface area contributed by atoms with Gasteiger partial charge >= 0.3 is 0 Å². The number of benzene rings is 1. The third-order valence-corrected chi connectivity index (χ3v) is 6.39. The summed E-state index contributed by atoms with van der Waals surface area (Å²) in [6.07, 6.45) is 5.58. The number of morpholine rings is 1. The van der Waals surface area contributed by atoms with E-state index >= 15 is 0 Å². The maximum atomic E-state index is 13.0. The lowest BCUT2D eigenvalue weighted by molar-refractivity contribution is 0.0911. The lowest BCUT2D eigenvalue weighted by Crippen LogP contribution is -2.37. The highest BCUT2D eigenvalue weighted by Gasteiger charge is 2.24. The van der Waals surface area contributed by atoms with E-state index in [-0.39, 0.29) is 17.7 Å². The molecular formula is C27H33N7O3. The number of nitrogens with zero attached hydrogens (tertiary/aromatic N) is 6. The lowest BCUT2D eigenvalue weighted by atomic mass is 10.1. The Bertz CT molecular complexity index is 1340. The molecule has 10 nitrogen and oxygen atoms in total. The van der Waals surface area contributed by atoms with Crippen molar-refractivity contribution in [1.29, 1.82) is 0 Å². The van der Waals surface area contributed by atoms with Crippen LogP contribution in [0.4, 0.5) is 5.82 Å². The summed E-state index contributed by atoms with van der Waals surface area (Å²) in [6.45, 7) is 5.52. The van der Waals surface area contributed by atoms with E-state index in [1.165, 1.54) is 0 Å². The number of rotatable bonds is 9. The van der Waals surface area contributed by atoms with E-state index in [0.717, 1.165) is 30.5 Å². The maximum absolute atomic E-state index is 13.0. The second kappa shape index (κ2) is 11.1. The maximum Gasteiger partial charge on any atom is 0.287 e. The van der Waals surface area contributed by atoms with Gasteiger partial charge in [0.25, 0.3) is 11.9 Å². The number of hydrogen-bond donors (Lipinski definition) is 1. The van der Waals surface area contributed by atoms with E-state index in [2.05, 4.69) is 20.2 Å². The molecule has 1 aliphatic heterocycles. The quantitative estimate of drug-likeness (QED) is 0.371. The van der Waals surface area contributed by atoms with Gasteiger partial charge in [0.2, 0.25) is 0 Å². The number of anilines is 1. The molecule has 1 aliphatic rings. The van der Waals surface area contributed by atoms with Crippen molar-refractivity contribution in [2.24, 2.45) is 0 Å². The highest BCUT2D eigenvalue weighted by Crippen LogP contribution is 2.29. The van der Waals surface area contributed by atoms with E-state index in [0.29, 0.717) is 49.2 Å². The summed E-state index contributed by atoms with van der Waals surface area (Å²) in [5.74, 6) is 1.02. The first kappa shape index (κ1) is 24.9. The minimum atomic E-state index is -0.254. The highest BCUT2D eigenvalue weighted by atomic mass is 16.5. The predicted octanol–water partition coefficient (Wildman–Crippen LogP) is 3.37. The summed E-state index contributed by atoms with van der Waals surface area (Å²) >= 11 is 0. The SMILES string of the molecule is CC(CCCN(C)C)NC(=O)c1cc2nc(-n3cc(-c4ccccc4)cn3)nc(N3CCOCC3)c2o1. The van der Waals surface area contributed by atoms with Crippen LogP contribution in [0.5, 0.6) is 0 Å². The van der Waals surface area contributed by atoms with Crippen LogP contribution in [-0.4, -0.2) is 83.5 Å². The van der Waals surface area contributed by atoms with Crippen LogP contribution in [-0.2, 0) is 4.74 Å². The van der Waals surface area contributed by atoms with E-state index < -0.39 is 0 Å². The number of carbonyl (C=O) groups excluding carboxylic acids is 1. The van der Waals surface area contributed by atoms with Crippen molar-refractivity contribution in [2.45, 2.75) is 25.8 Å². The first-order valence-corrected chi connectivity index (χ1v) is 12.7. The van der Waals surface area contributed by atoms with Gasteiger partial charge in [-0.1, -0.05) is 30.3 Å². The molecule has 37 heavy (non-hydrogen) atoms. The van der Waals surface area contributed by atoms with Gasteiger partial charge in [-0.25, -0.2) is 9.67 Å². The van der Waals surface area contributed by atoms with Gasteiger partial charge in [0.05, 0.1) is 19.4 Å². The number of hydrogen-bond acceptors (Lipinski definition) is 8. The summed E-state index contributed by atoms with van der Waals surface area (Å²) in [5, 5.41) is 7.56. The average Bonchev–Trinajstić information content (AvgIpc) is 3.57. The number of carbonyl (C=O) groups is 1. The second-order valence-corrected chi connectivity index (χ2v) is 9.63. The molecule has 1 N–H and O–H groups in total.